The Morgan fingerprint density at radius 3 is 2.85 bits per heavy atom. The minimum Gasteiger partial charge on any atom is -0.377 e. The normalized spacial score (nSPS) is 30.9. The van der Waals surface area contributed by atoms with Gasteiger partial charge in [-0.3, -0.25) is 0 Å². The molecule has 1 aliphatic carbocycles. The number of thiazole rings is 1. The van der Waals surface area contributed by atoms with Gasteiger partial charge in [0.1, 0.15) is 0 Å². The standard InChI is InChI=1S/C16H26N2OS/c1-15(2,3)18-11-16(10-13-17-7-9-20-13)6-8-19-14(16)12-4-5-12/h7,9,12,14,18H,4-6,8,10-11H2,1-3H3. The van der Waals surface area contributed by atoms with Crippen molar-refractivity contribution in [2.75, 3.05) is 13.2 Å². The van der Waals surface area contributed by atoms with Crippen LogP contribution >= 0.6 is 11.3 Å². The van der Waals surface area contributed by atoms with Crippen LogP contribution in [0.25, 0.3) is 0 Å². The van der Waals surface area contributed by atoms with Gasteiger partial charge in [0.15, 0.2) is 0 Å². The summed E-state index contributed by atoms with van der Waals surface area (Å²) in [6.07, 6.45) is 7.28. The summed E-state index contributed by atoms with van der Waals surface area (Å²) in [5, 5.41) is 7.07. The lowest BCUT2D eigenvalue weighted by Gasteiger charge is -2.37. The fourth-order valence-electron chi connectivity index (χ4n) is 3.27. The van der Waals surface area contributed by atoms with E-state index < -0.39 is 0 Å². The molecular weight excluding hydrogens is 268 g/mol. The first-order chi connectivity index (χ1) is 9.49. The van der Waals surface area contributed by atoms with Crippen LogP contribution in [-0.4, -0.2) is 29.8 Å². The predicted octanol–water partition coefficient (Wildman–Crippen LogP) is 3.26. The Morgan fingerprint density at radius 2 is 2.25 bits per heavy atom. The first kappa shape index (κ1) is 14.5. The lowest BCUT2D eigenvalue weighted by atomic mass is 9.75. The average molecular weight is 294 g/mol. The van der Waals surface area contributed by atoms with Crippen molar-refractivity contribution in [3.63, 3.8) is 0 Å². The third kappa shape index (κ3) is 3.23. The summed E-state index contributed by atoms with van der Waals surface area (Å²) in [4.78, 5) is 4.52. The topological polar surface area (TPSA) is 34.2 Å². The molecule has 3 nitrogen and oxygen atoms in total. The second kappa shape index (κ2) is 5.39. The van der Waals surface area contributed by atoms with Gasteiger partial charge in [-0.15, -0.1) is 11.3 Å². The Balaban J connectivity index is 1.78. The Labute approximate surface area is 126 Å². The summed E-state index contributed by atoms with van der Waals surface area (Å²) < 4.78 is 6.14. The number of nitrogens with one attached hydrogen (secondary N) is 1. The maximum Gasteiger partial charge on any atom is 0.0931 e. The lowest BCUT2D eigenvalue weighted by Crippen LogP contribution is -2.49. The Hall–Kier alpha value is -0.450. The van der Waals surface area contributed by atoms with E-state index in [0.29, 0.717) is 6.10 Å². The molecule has 1 aliphatic heterocycles. The van der Waals surface area contributed by atoms with Gasteiger partial charge in [-0.2, -0.15) is 0 Å². The Bertz CT molecular complexity index is 436. The van der Waals surface area contributed by atoms with E-state index in [1.165, 1.54) is 17.8 Å². The third-order valence-electron chi connectivity index (χ3n) is 4.51. The van der Waals surface area contributed by atoms with Crippen LogP contribution in [0.2, 0.25) is 0 Å². The summed E-state index contributed by atoms with van der Waals surface area (Å²) in [5.41, 5.74) is 0.402. The van der Waals surface area contributed by atoms with Crippen molar-refractivity contribution in [2.24, 2.45) is 11.3 Å². The van der Waals surface area contributed by atoms with Crippen LogP contribution in [-0.2, 0) is 11.2 Å². The van der Waals surface area contributed by atoms with Crippen molar-refractivity contribution in [1.29, 1.82) is 0 Å². The molecule has 1 aromatic heterocycles. The summed E-state index contributed by atoms with van der Waals surface area (Å²) in [7, 11) is 0. The van der Waals surface area contributed by atoms with Gasteiger partial charge in [0.2, 0.25) is 0 Å². The van der Waals surface area contributed by atoms with Crippen molar-refractivity contribution in [2.45, 2.75) is 58.1 Å². The molecule has 0 radical (unpaired) electrons. The van der Waals surface area contributed by atoms with Crippen molar-refractivity contribution >= 4 is 11.3 Å². The Kier molecular flexibility index (Phi) is 3.91. The van der Waals surface area contributed by atoms with Crippen LogP contribution < -0.4 is 5.32 Å². The van der Waals surface area contributed by atoms with Gasteiger partial charge >= 0.3 is 0 Å². The molecular formula is C16H26N2OS. The average Bonchev–Trinajstić information content (AvgIpc) is 2.93. The number of nitrogens with zero attached hydrogens (tertiary/aromatic N) is 1. The largest absolute Gasteiger partial charge is 0.377 e. The number of ether oxygens (including phenoxy) is 1. The number of hydrogen-bond donors (Lipinski definition) is 1. The molecule has 1 N–H and O–H groups in total. The first-order valence-corrected chi connectivity index (χ1v) is 8.62. The minimum atomic E-state index is 0.159. The van der Waals surface area contributed by atoms with Gasteiger partial charge in [0.25, 0.3) is 0 Å². The van der Waals surface area contributed by atoms with E-state index in [4.69, 9.17) is 4.74 Å². The number of hydrogen-bond acceptors (Lipinski definition) is 4. The molecule has 2 unspecified atom stereocenters. The summed E-state index contributed by atoms with van der Waals surface area (Å²) >= 11 is 1.78. The monoisotopic (exact) mass is 294 g/mol. The highest BCUT2D eigenvalue weighted by atomic mass is 32.1. The van der Waals surface area contributed by atoms with Gasteiger partial charge in [-0.05, 0) is 46.0 Å². The van der Waals surface area contributed by atoms with Crippen LogP contribution in [0.1, 0.15) is 45.0 Å². The zero-order chi connectivity index (χ0) is 14.2. The van der Waals surface area contributed by atoms with E-state index in [-0.39, 0.29) is 11.0 Å². The van der Waals surface area contributed by atoms with E-state index in [0.717, 1.165) is 31.9 Å². The van der Waals surface area contributed by atoms with Crippen molar-refractivity contribution in [3.8, 4) is 0 Å². The smallest absolute Gasteiger partial charge is 0.0931 e. The second-order valence-corrected chi connectivity index (χ2v) is 8.43. The molecule has 0 aromatic carbocycles. The fraction of sp³-hybridized carbons (Fsp3) is 0.812. The van der Waals surface area contributed by atoms with E-state index >= 15 is 0 Å². The molecule has 2 heterocycles. The minimum absolute atomic E-state index is 0.159. The predicted molar refractivity (Wildman–Crippen MR) is 83.1 cm³/mol. The van der Waals surface area contributed by atoms with Crippen LogP contribution in [0.15, 0.2) is 11.6 Å². The van der Waals surface area contributed by atoms with Gasteiger partial charge < -0.3 is 10.1 Å². The van der Waals surface area contributed by atoms with E-state index in [1.807, 2.05) is 6.20 Å². The molecule has 3 rings (SSSR count). The third-order valence-corrected chi connectivity index (χ3v) is 5.29. The maximum absolute atomic E-state index is 6.14. The number of aromatic nitrogens is 1. The highest BCUT2D eigenvalue weighted by Gasteiger charge is 2.51. The summed E-state index contributed by atoms with van der Waals surface area (Å²) in [5.74, 6) is 0.791. The maximum atomic E-state index is 6.14. The van der Waals surface area contributed by atoms with E-state index in [1.54, 1.807) is 11.3 Å². The molecule has 1 saturated carbocycles. The SMILES string of the molecule is CC(C)(C)NCC1(Cc2nccs2)CCOC1C1CC1. The van der Waals surface area contributed by atoms with Crippen LogP contribution in [0, 0.1) is 11.3 Å². The molecule has 2 fully saturated rings. The highest BCUT2D eigenvalue weighted by molar-refractivity contribution is 7.09. The summed E-state index contributed by atoms with van der Waals surface area (Å²) in [6, 6.07) is 0. The zero-order valence-corrected chi connectivity index (χ0v) is 13.6. The molecule has 2 aliphatic rings. The van der Waals surface area contributed by atoms with Crippen LogP contribution in [0.5, 0.6) is 0 Å². The molecule has 0 bridgehead atoms. The van der Waals surface area contributed by atoms with Crippen molar-refractivity contribution < 1.29 is 4.74 Å². The lowest BCUT2D eigenvalue weighted by molar-refractivity contribution is 0.0280. The van der Waals surface area contributed by atoms with Gasteiger partial charge in [-0.25, -0.2) is 4.98 Å². The highest BCUT2D eigenvalue weighted by Crippen LogP contribution is 2.49. The quantitative estimate of drug-likeness (QED) is 0.905. The van der Waals surface area contributed by atoms with E-state index in [2.05, 4.69) is 36.5 Å². The second-order valence-electron chi connectivity index (χ2n) is 7.45. The van der Waals surface area contributed by atoms with Crippen molar-refractivity contribution in [3.05, 3.63) is 16.6 Å². The van der Waals surface area contributed by atoms with Gasteiger partial charge in [-0.1, -0.05) is 0 Å². The molecule has 0 amide bonds. The fourth-order valence-corrected chi connectivity index (χ4v) is 4.04. The van der Waals surface area contributed by atoms with Crippen molar-refractivity contribution in [1.82, 2.24) is 10.3 Å². The molecule has 2 atom stereocenters. The molecule has 1 aromatic rings. The first-order valence-electron chi connectivity index (χ1n) is 7.74. The van der Waals surface area contributed by atoms with Gasteiger partial charge in [0.05, 0.1) is 11.1 Å². The van der Waals surface area contributed by atoms with E-state index in [9.17, 15) is 0 Å². The molecule has 0 spiro atoms. The van der Waals surface area contributed by atoms with Crippen LogP contribution in [0.4, 0.5) is 0 Å². The number of rotatable bonds is 5. The van der Waals surface area contributed by atoms with Gasteiger partial charge in [0, 0.05) is 42.1 Å². The molecule has 1 saturated heterocycles. The molecule has 20 heavy (non-hydrogen) atoms. The Morgan fingerprint density at radius 1 is 1.45 bits per heavy atom. The molecule has 112 valence electrons. The van der Waals surface area contributed by atoms with Crippen LogP contribution in [0.3, 0.4) is 0 Å². The molecule has 4 heteroatoms. The zero-order valence-electron chi connectivity index (χ0n) is 12.8. The summed E-state index contributed by atoms with van der Waals surface area (Å²) in [6.45, 7) is 8.68.